The summed E-state index contributed by atoms with van der Waals surface area (Å²) in [5.74, 6) is 3.36. The molecule has 5 aromatic rings. The van der Waals surface area contributed by atoms with Crippen LogP contribution in [0.4, 0.5) is 0 Å². The molecule has 2 aromatic carbocycles. The number of hydrogen-bond acceptors (Lipinski definition) is 5. The Morgan fingerprint density at radius 2 is 1.62 bits per heavy atom. The van der Waals surface area contributed by atoms with E-state index in [1.54, 1.807) is 0 Å². The number of tetrazole rings is 1. The molecule has 0 spiro atoms. The van der Waals surface area contributed by atoms with Crippen molar-refractivity contribution in [1.29, 1.82) is 0 Å². The second kappa shape index (κ2) is 12.4. The maximum atomic E-state index is 4.94. The number of H-pyrrole nitrogens is 1. The van der Waals surface area contributed by atoms with Crippen LogP contribution in [0.3, 0.4) is 0 Å². The molecule has 8 nitrogen and oxygen atoms in total. The molecule has 208 valence electrons. The second-order valence-electron chi connectivity index (χ2n) is 11.1. The standard InChI is InChI=1S/C32H40N8/c1-6-7-13-30-33-29(19-16-24-11-9-8-10-12-24)36-39(30)21-25-14-17-26(18-15-25)40-28(23(4)5)20-27(22(2)3)31(40)32-34-37-38-35-32/h8-12,14-15,17-18,20,22-23H,6-7,13,16,19,21H2,1-5H3,(H,34,35,37,38). The highest BCUT2D eigenvalue weighted by Gasteiger charge is 2.23. The van der Waals surface area contributed by atoms with Crippen molar-refractivity contribution in [3.63, 3.8) is 0 Å². The quantitative estimate of drug-likeness (QED) is 0.192. The maximum absolute atomic E-state index is 4.94. The zero-order chi connectivity index (χ0) is 28.1. The van der Waals surface area contributed by atoms with Gasteiger partial charge in [-0.2, -0.15) is 5.10 Å². The van der Waals surface area contributed by atoms with Crippen molar-refractivity contribution in [3.05, 3.63) is 94.7 Å². The van der Waals surface area contributed by atoms with E-state index < -0.39 is 0 Å². The van der Waals surface area contributed by atoms with Crippen molar-refractivity contribution < 1.29 is 0 Å². The lowest BCUT2D eigenvalue weighted by Crippen LogP contribution is -2.08. The van der Waals surface area contributed by atoms with Crippen LogP contribution >= 0.6 is 0 Å². The number of nitrogens with one attached hydrogen (secondary N) is 1. The molecule has 0 fully saturated rings. The van der Waals surface area contributed by atoms with Gasteiger partial charge in [0.25, 0.3) is 0 Å². The van der Waals surface area contributed by atoms with Gasteiger partial charge >= 0.3 is 0 Å². The Bertz CT molecular complexity index is 1490. The summed E-state index contributed by atoms with van der Waals surface area (Å²) in [6.07, 6.45) is 4.98. The molecule has 0 aliphatic heterocycles. The highest BCUT2D eigenvalue weighted by molar-refractivity contribution is 5.63. The van der Waals surface area contributed by atoms with E-state index in [0.717, 1.165) is 55.1 Å². The van der Waals surface area contributed by atoms with Crippen molar-refractivity contribution in [2.45, 2.75) is 85.1 Å². The molecule has 3 aromatic heterocycles. The summed E-state index contributed by atoms with van der Waals surface area (Å²) in [7, 11) is 0. The molecule has 5 rings (SSSR count). The van der Waals surface area contributed by atoms with Gasteiger partial charge in [0.2, 0.25) is 0 Å². The Morgan fingerprint density at radius 1 is 0.850 bits per heavy atom. The molecule has 0 atom stereocenters. The van der Waals surface area contributed by atoms with Gasteiger partial charge in [-0.05, 0) is 70.0 Å². The van der Waals surface area contributed by atoms with Crippen molar-refractivity contribution in [1.82, 2.24) is 40.0 Å². The molecule has 8 heteroatoms. The fourth-order valence-electron chi connectivity index (χ4n) is 5.20. The molecule has 0 unspecified atom stereocenters. The molecule has 0 bridgehead atoms. The SMILES string of the molecule is CCCCc1nc(CCc2ccccc2)nn1Cc1ccc(-n2c(C(C)C)cc(C(C)C)c2-c2nnn[nH]2)cc1. The van der Waals surface area contributed by atoms with Gasteiger partial charge in [0, 0.05) is 24.2 Å². The molecular weight excluding hydrogens is 496 g/mol. The first-order chi connectivity index (χ1) is 19.4. The van der Waals surface area contributed by atoms with E-state index in [-0.39, 0.29) is 0 Å². The number of aryl methyl sites for hydroxylation is 3. The van der Waals surface area contributed by atoms with E-state index in [4.69, 9.17) is 10.1 Å². The molecule has 0 amide bonds. The minimum Gasteiger partial charge on any atom is -0.310 e. The third kappa shape index (κ3) is 6.06. The summed E-state index contributed by atoms with van der Waals surface area (Å²) >= 11 is 0. The Labute approximate surface area is 236 Å². The topological polar surface area (TPSA) is 90.1 Å². The van der Waals surface area contributed by atoms with Crippen molar-refractivity contribution in [2.75, 3.05) is 0 Å². The van der Waals surface area contributed by atoms with Gasteiger partial charge in [0.15, 0.2) is 11.6 Å². The van der Waals surface area contributed by atoms with Crippen molar-refractivity contribution in [3.8, 4) is 17.2 Å². The van der Waals surface area contributed by atoms with E-state index in [1.807, 2.05) is 0 Å². The minimum absolute atomic E-state index is 0.336. The molecule has 40 heavy (non-hydrogen) atoms. The smallest absolute Gasteiger partial charge is 0.196 e. The first kappa shape index (κ1) is 27.5. The molecule has 0 saturated carbocycles. The third-order valence-electron chi connectivity index (χ3n) is 7.39. The monoisotopic (exact) mass is 536 g/mol. The van der Waals surface area contributed by atoms with E-state index in [0.29, 0.717) is 24.2 Å². The van der Waals surface area contributed by atoms with E-state index in [2.05, 4.69) is 125 Å². The van der Waals surface area contributed by atoms with E-state index in [1.165, 1.54) is 22.4 Å². The van der Waals surface area contributed by atoms with Gasteiger partial charge in [-0.3, -0.25) is 0 Å². The van der Waals surface area contributed by atoms with Crippen molar-refractivity contribution in [2.24, 2.45) is 0 Å². The molecule has 0 aliphatic carbocycles. The summed E-state index contributed by atoms with van der Waals surface area (Å²) in [6.45, 7) is 11.8. The molecule has 1 N–H and O–H groups in total. The highest BCUT2D eigenvalue weighted by atomic mass is 15.5. The van der Waals surface area contributed by atoms with Crippen LogP contribution in [0, 0.1) is 0 Å². The summed E-state index contributed by atoms with van der Waals surface area (Å²) in [5.41, 5.74) is 7.11. The van der Waals surface area contributed by atoms with Gasteiger partial charge < -0.3 is 4.57 Å². The van der Waals surface area contributed by atoms with Gasteiger partial charge in [-0.1, -0.05) is 83.5 Å². The second-order valence-corrected chi connectivity index (χ2v) is 11.1. The predicted molar refractivity (Wildman–Crippen MR) is 159 cm³/mol. The predicted octanol–water partition coefficient (Wildman–Crippen LogP) is 6.67. The number of rotatable bonds is 12. The van der Waals surface area contributed by atoms with Gasteiger partial charge in [-0.25, -0.2) is 14.8 Å². The lowest BCUT2D eigenvalue weighted by atomic mass is 10.0. The molecular formula is C32H40N8. The average Bonchev–Trinajstić information content (AvgIpc) is 3.70. The van der Waals surface area contributed by atoms with Crippen LogP contribution in [0.1, 0.15) is 93.3 Å². The van der Waals surface area contributed by atoms with Crippen LogP contribution in [0.25, 0.3) is 17.2 Å². The largest absolute Gasteiger partial charge is 0.310 e. The number of benzene rings is 2. The summed E-state index contributed by atoms with van der Waals surface area (Å²) in [5, 5.41) is 19.9. The first-order valence-corrected chi connectivity index (χ1v) is 14.5. The number of unbranched alkanes of at least 4 members (excludes halogenated alkanes) is 1. The van der Waals surface area contributed by atoms with Crippen LogP contribution in [-0.2, 0) is 25.8 Å². The Kier molecular flexibility index (Phi) is 8.53. The lowest BCUT2D eigenvalue weighted by molar-refractivity contribution is 0.613. The maximum Gasteiger partial charge on any atom is 0.196 e. The fraction of sp³-hybridized carbons (Fsp3) is 0.406. The van der Waals surface area contributed by atoms with Gasteiger partial charge in [-0.15, -0.1) is 5.10 Å². The number of nitrogens with zero attached hydrogens (tertiary/aromatic N) is 7. The lowest BCUT2D eigenvalue weighted by Gasteiger charge is -2.16. The van der Waals surface area contributed by atoms with Crippen LogP contribution in [-0.4, -0.2) is 40.0 Å². The van der Waals surface area contributed by atoms with Crippen LogP contribution in [0.5, 0.6) is 0 Å². The third-order valence-corrected chi connectivity index (χ3v) is 7.39. The number of aromatic nitrogens is 8. The van der Waals surface area contributed by atoms with Crippen LogP contribution in [0.2, 0.25) is 0 Å². The van der Waals surface area contributed by atoms with Gasteiger partial charge in [0.05, 0.1) is 12.2 Å². The number of aromatic amines is 1. The molecule has 0 aliphatic rings. The molecule has 3 heterocycles. The van der Waals surface area contributed by atoms with Crippen LogP contribution < -0.4 is 0 Å². The van der Waals surface area contributed by atoms with Crippen LogP contribution in [0.15, 0.2) is 60.7 Å². The summed E-state index contributed by atoms with van der Waals surface area (Å²) < 4.78 is 4.40. The van der Waals surface area contributed by atoms with Crippen molar-refractivity contribution >= 4 is 0 Å². The Balaban J connectivity index is 1.42. The summed E-state index contributed by atoms with van der Waals surface area (Å²) in [6, 6.07) is 21.6. The summed E-state index contributed by atoms with van der Waals surface area (Å²) in [4.78, 5) is 4.94. The van der Waals surface area contributed by atoms with Gasteiger partial charge in [0.1, 0.15) is 5.82 Å². The number of hydrogen-bond donors (Lipinski definition) is 1. The molecule has 0 saturated heterocycles. The Morgan fingerprint density at radius 3 is 2.27 bits per heavy atom. The Hall–Kier alpha value is -4.07. The first-order valence-electron chi connectivity index (χ1n) is 14.5. The highest BCUT2D eigenvalue weighted by Crippen LogP contribution is 2.36. The minimum atomic E-state index is 0.336. The zero-order valence-electron chi connectivity index (χ0n) is 24.3. The van der Waals surface area contributed by atoms with E-state index in [9.17, 15) is 0 Å². The van der Waals surface area contributed by atoms with E-state index >= 15 is 0 Å². The fourth-order valence-corrected chi connectivity index (χ4v) is 5.20. The zero-order valence-corrected chi connectivity index (χ0v) is 24.3. The normalized spacial score (nSPS) is 11.7. The molecule has 0 radical (unpaired) electrons. The average molecular weight is 537 g/mol.